The van der Waals surface area contributed by atoms with Crippen LogP contribution in [0.4, 0.5) is 4.39 Å². The van der Waals surface area contributed by atoms with Crippen LogP contribution in [0.25, 0.3) is 0 Å². The third kappa shape index (κ3) is 3.77. The number of hydrogen-bond acceptors (Lipinski definition) is 4. The molecule has 2 rings (SSSR count). The number of nitrogens with one attached hydrogen (secondary N) is 1. The number of nitrogens with zero attached hydrogens (tertiary/aromatic N) is 1. The molecule has 0 radical (unpaired) electrons. The Labute approximate surface area is 126 Å². The largest absolute Gasteiger partial charge is 0.465 e. The first kappa shape index (κ1) is 15.4. The zero-order valence-corrected chi connectivity index (χ0v) is 13.0. The highest BCUT2D eigenvalue weighted by molar-refractivity contribution is 9.10. The van der Waals surface area contributed by atoms with Crippen LogP contribution in [0.5, 0.6) is 0 Å². The van der Waals surface area contributed by atoms with Gasteiger partial charge in [0.15, 0.2) is 0 Å². The first-order valence-electron chi connectivity index (χ1n) is 6.67. The number of rotatable bonds is 4. The summed E-state index contributed by atoms with van der Waals surface area (Å²) in [4.78, 5) is 14.0. The smallest absolute Gasteiger partial charge is 0.324 e. The molecule has 1 fully saturated rings. The third-order valence-electron chi connectivity index (χ3n) is 3.28. The van der Waals surface area contributed by atoms with Gasteiger partial charge in [0.2, 0.25) is 0 Å². The van der Waals surface area contributed by atoms with E-state index >= 15 is 0 Å². The Hall–Kier alpha value is -0.980. The lowest BCUT2D eigenvalue weighted by Crippen LogP contribution is -2.54. The lowest BCUT2D eigenvalue weighted by molar-refractivity contribution is -0.150. The second kappa shape index (κ2) is 7.15. The first-order chi connectivity index (χ1) is 9.61. The predicted molar refractivity (Wildman–Crippen MR) is 77.8 cm³/mol. The molecule has 0 spiro atoms. The van der Waals surface area contributed by atoms with Crippen LogP contribution in [0.15, 0.2) is 22.7 Å². The van der Waals surface area contributed by atoms with Gasteiger partial charge in [-0.05, 0) is 40.5 Å². The van der Waals surface area contributed by atoms with E-state index in [1.165, 1.54) is 6.07 Å². The number of piperazine rings is 1. The van der Waals surface area contributed by atoms with E-state index in [1.807, 2.05) is 11.0 Å². The molecule has 0 bridgehead atoms. The Balaban J connectivity index is 2.08. The van der Waals surface area contributed by atoms with Crippen molar-refractivity contribution < 1.29 is 13.9 Å². The molecule has 1 aromatic carbocycles. The van der Waals surface area contributed by atoms with Gasteiger partial charge in [-0.2, -0.15) is 0 Å². The SMILES string of the molecule is CCOC(=O)C1CNCCN1Cc1ccc(Br)c(F)c1. The second-order valence-corrected chi connectivity index (χ2v) is 5.55. The standard InChI is InChI=1S/C14H18BrFN2O2/c1-2-20-14(19)13-8-17-5-6-18(13)9-10-3-4-11(15)12(16)7-10/h3-4,7,13,17H,2,5-6,8-9H2,1H3. The summed E-state index contributed by atoms with van der Waals surface area (Å²) >= 11 is 3.14. The van der Waals surface area contributed by atoms with Crippen LogP contribution in [0.3, 0.4) is 0 Å². The molecular weight excluding hydrogens is 327 g/mol. The Bertz CT molecular complexity index is 484. The molecule has 20 heavy (non-hydrogen) atoms. The number of ether oxygens (including phenoxy) is 1. The number of hydrogen-bond donors (Lipinski definition) is 1. The number of halogens is 2. The van der Waals surface area contributed by atoms with Gasteiger partial charge in [0.05, 0.1) is 11.1 Å². The maximum absolute atomic E-state index is 13.5. The van der Waals surface area contributed by atoms with Gasteiger partial charge in [0, 0.05) is 26.2 Å². The van der Waals surface area contributed by atoms with Crippen LogP contribution in [-0.4, -0.2) is 43.2 Å². The molecule has 1 aromatic rings. The van der Waals surface area contributed by atoms with Crippen molar-refractivity contribution in [3.8, 4) is 0 Å². The highest BCUT2D eigenvalue weighted by Gasteiger charge is 2.29. The second-order valence-electron chi connectivity index (χ2n) is 4.69. The molecular formula is C14H18BrFN2O2. The van der Waals surface area contributed by atoms with Gasteiger partial charge in [-0.25, -0.2) is 4.39 Å². The van der Waals surface area contributed by atoms with Crippen molar-refractivity contribution in [1.82, 2.24) is 10.2 Å². The van der Waals surface area contributed by atoms with Crippen LogP contribution in [0.2, 0.25) is 0 Å². The summed E-state index contributed by atoms with van der Waals surface area (Å²) in [6, 6.07) is 4.73. The van der Waals surface area contributed by atoms with Crippen LogP contribution in [-0.2, 0) is 16.1 Å². The molecule has 1 saturated heterocycles. The van der Waals surface area contributed by atoms with Crippen molar-refractivity contribution >= 4 is 21.9 Å². The Morgan fingerprint density at radius 1 is 1.60 bits per heavy atom. The highest BCUT2D eigenvalue weighted by Crippen LogP contribution is 2.18. The molecule has 1 aliphatic heterocycles. The van der Waals surface area contributed by atoms with E-state index in [0.717, 1.165) is 18.7 Å². The monoisotopic (exact) mass is 344 g/mol. The zero-order chi connectivity index (χ0) is 14.5. The Morgan fingerprint density at radius 2 is 2.40 bits per heavy atom. The Morgan fingerprint density at radius 3 is 3.10 bits per heavy atom. The van der Waals surface area contributed by atoms with Crippen LogP contribution >= 0.6 is 15.9 Å². The molecule has 0 aliphatic carbocycles. The van der Waals surface area contributed by atoms with Crippen molar-refractivity contribution in [2.24, 2.45) is 0 Å². The zero-order valence-electron chi connectivity index (χ0n) is 11.4. The lowest BCUT2D eigenvalue weighted by atomic mass is 10.1. The van der Waals surface area contributed by atoms with E-state index in [0.29, 0.717) is 24.2 Å². The van der Waals surface area contributed by atoms with Gasteiger partial charge in [-0.3, -0.25) is 9.69 Å². The van der Waals surface area contributed by atoms with Crippen molar-refractivity contribution in [2.45, 2.75) is 19.5 Å². The quantitative estimate of drug-likeness (QED) is 0.847. The van der Waals surface area contributed by atoms with E-state index in [9.17, 15) is 9.18 Å². The van der Waals surface area contributed by atoms with Gasteiger partial charge in [0.1, 0.15) is 11.9 Å². The van der Waals surface area contributed by atoms with Crippen molar-refractivity contribution in [2.75, 3.05) is 26.2 Å². The van der Waals surface area contributed by atoms with Crippen LogP contribution in [0.1, 0.15) is 12.5 Å². The van der Waals surface area contributed by atoms with E-state index in [-0.39, 0.29) is 17.8 Å². The number of benzene rings is 1. The summed E-state index contributed by atoms with van der Waals surface area (Å²) < 4.78 is 19.1. The maximum atomic E-state index is 13.5. The van der Waals surface area contributed by atoms with E-state index < -0.39 is 0 Å². The highest BCUT2D eigenvalue weighted by atomic mass is 79.9. The Kier molecular flexibility index (Phi) is 5.51. The topological polar surface area (TPSA) is 41.6 Å². The molecule has 1 heterocycles. The molecule has 1 N–H and O–H groups in total. The number of carbonyl (C=O) groups excluding carboxylic acids is 1. The average Bonchev–Trinajstić information content (AvgIpc) is 2.44. The predicted octanol–water partition coefficient (Wildman–Crippen LogP) is 1.93. The normalized spacial score (nSPS) is 19.9. The molecule has 0 saturated carbocycles. The summed E-state index contributed by atoms with van der Waals surface area (Å²) in [5, 5.41) is 3.19. The first-order valence-corrected chi connectivity index (χ1v) is 7.46. The minimum atomic E-state index is -0.310. The summed E-state index contributed by atoms with van der Waals surface area (Å²) in [6.45, 7) is 4.82. The molecule has 4 nitrogen and oxygen atoms in total. The average molecular weight is 345 g/mol. The van der Waals surface area contributed by atoms with Gasteiger partial charge in [-0.1, -0.05) is 6.07 Å². The minimum Gasteiger partial charge on any atom is -0.465 e. The molecule has 6 heteroatoms. The van der Waals surface area contributed by atoms with Gasteiger partial charge in [0.25, 0.3) is 0 Å². The van der Waals surface area contributed by atoms with Crippen LogP contribution in [0, 0.1) is 5.82 Å². The molecule has 1 atom stereocenters. The maximum Gasteiger partial charge on any atom is 0.324 e. The number of esters is 1. The lowest BCUT2D eigenvalue weighted by Gasteiger charge is -2.34. The molecule has 110 valence electrons. The van der Waals surface area contributed by atoms with Gasteiger partial charge in [-0.15, -0.1) is 0 Å². The van der Waals surface area contributed by atoms with Crippen molar-refractivity contribution in [3.05, 3.63) is 34.1 Å². The third-order valence-corrected chi connectivity index (χ3v) is 3.93. The molecule has 0 amide bonds. The molecule has 1 aliphatic rings. The van der Waals surface area contributed by atoms with Crippen molar-refractivity contribution in [3.63, 3.8) is 0 Å². The summed E-state index contributed by atoms with van der Waals surface area (Å²) in [7, 11) is 0. The fraction of sp³-hybridized carbons (Fsp3) is 0.500. The van der Waals surface area contributed by atoms with Gasteiger partial charge >= 0.3 is 5.97 Å². The van der Waals surface area contributed by atoms with E-state index in [2.05, 4.69) is 21.2 Å². The fourth-order valence-corrected chi connectivity index (χ4v) is 2.53. The summed E-state index contributed by atoms with van der Waals surface area (Å²) in [6.07, 6.45) is 0. The van der Waals surface area contributed by atoms with E-state index in [1.54, 1.807) is 13.0 Å². The fourth-order valence-electron chi connectivity index (χ4n) is 2.28. The summed E-state index contributed by atoms with van der Waals surface area (Å²) in [5.74, 6) is -0.511. The van der Waals surface area contributed by atoms with Crippen LogP contribution < -0.4 is 5.32 Å². The minimum absolute atomic E-state index is 0.225. The van der Waals surface area contributed by atoms with Gasteiger partial charge < -0.3 is 10.1 Å². The van der Waals surface area contributed by atoms with E-state index in [4.69, 9.17) is 4.74 Å². The number of carbonyl (C=O) groups is 1. The molecule has 1 unspecified atom stereocenters. The molecule has 0 aromatic heterocycles. The van der Waals surface area contributed by atoms with Crippen molar-refractivity contribution in [1.29, 1.82) is 0 Å². The summed E-state index contributed by atoms with van der Waals surface area (Å²) in [5.41, 5.74) is 0.849.